The molecule has 1 unspecified atom stereocenters. The predicted octanol–water partition coefficient (Wildman–Crippen LogP) is 4.82. The SMILES string of the molecule is CCc1cccc(C)c1NC(=O)C1CCc2nc(-c3ccccn3)sc2C1. The van der Waals surface area contributed by atoms with Crippen LogP contribution < -0.4 is 5.32 Å². The first-order chi connectivity index (χ1) is 13.2. The number of aromatic nitrogens is 2. The van der Waals surface area contributed by atoms with Crippen molar-refractivity contribution in [2.24, 2.45) is 5.92 Å². The normalized spacial score (nSPS) is 16.0. The van der Waals surface area contributed by atoms with Crippen LogP contribution in [0, 0.1) is 12.8 Å². The lowest BCUT2D eigenvalue weighted by atomic mass is 9.90. The first kappa shape index (κ1) is 17.9. The summed E-state index contributed by atoms with van der Waals surface area (Å²) in [4.78, 5) is 23.3. The number of hydrogen-bond acceptors (Lipinski definition) is 4. The predicted molar refractivity (Wildman–Crippen MR) is 110 cm³/mol. The maximum atomic E-state index is 12.9. The van der Waals surface area contributed by atoms with Gasteiger partial charge in [-0.25, -0.2) is 4.98 Å². The lowest BCUT2D eigenvalue weighted by molar-refractivity contribution is -0.120. The van der Waals surface area contributed by atoms with Crippen molar-refractivity contribution in [3.05, 3.63) is 64.3 Å². The number of anilines is 1. The van der Waals surface area contributed by atoms with Crippen LogP contribution in [0.25, 0.3) is 10.7 Å². The van der Waals surface area contributed by atoms with E-state index in [4.69, 9.17) is 4.98 Å². The van der Waals surface area contributed by atoms with Gasteiger partial charge in [0, 0.05) is 22.7 Å². The summed E-state index contributed by atoms with van der Waals surface area (Å²) in [5, 5.41) is 4.15. The highest BCUT2D eigenvalue weighted by atomic mass is 32.1. The third-order valence-electron chi connectivity index (χ3n) is 5.18. The van der Waals surface area contributed by atoms with Crippen molar-refractivity contribution in [1.82, 2.24) is 9.97 Å². The summed E-state index contributed by atoms with van der Waals surface area (Å²) >= 11 is 1.67. The summed E-state index contributed by atoms with van der Waals surface area (Å²) in [6.07, 6.45) is 5.16. The molecule has 1 atom stereocenters. The van der Waals surface area contributed by atoms with Gasteiger partial charge < -0.3 is 5.32 Å². The fraction of sp³-hybridized carbons (Fsp3) is 0.318. The number of para-hydroxylation sites is 1. The van der Waals surface area contributed by atoms with Crippen LogP contribution in [0.5, 0.6) is 0 Å². The Labute approximate surface area is 163 Å². The van der Waals surface area contributed by atoms with Gasteiger partial charge in [0.15, 0.2) is 0 Å². The Balaban J connectivity index is 1.51. The molecule has 0 radical (unpaired) electrons. The molecule has 0 saturated heterocycles. The molecule has 2 aromatic heterocycles. The van der Waals surface area contributed by atoms with E-state index in [1.54, 1.807) is 17.5 Å². The van der Waals surface area contributed by atoms with E-state index in [0.29, 0.717) is 0 Å². The number of aryl methyl sites for hydroxylation is 3. The molecule has 2 heterocycles. The van der Waals surface area contributed by atoms with Gasteiger partial charge in [0.2, 0.25) is 5.91 Å². The second-order valence-corrected chi connectivity index (χ2v) is 8.08. The van der Waals surface area contributed by atoms with Crippen LogP contribution in [-0.4, -0.2) is 15.9 Å². The van der Waals surface area contributed by atoms with Crippen LogP contribution in [0.15, 0.2) is 42.6 Å². The summed E-state index contributed by atoms with van der Waals surface area (Å²) in [6.45, 7) is 4.17. The van der Waals surface area contributed by atoms with Crippen LogP contribution in [0.2, 0.25) is 0 Å². The Morgan fingerprint density at radius 1 is 1.26 bits per heavy atom. The number of fused-ring (bicyclic) bond motifs is 1. The molecule has 0 fully saturated rings. The molecule has 1 amide bonds. The van der Waals surface area contributed by atoms with E-state index in [1.165, 1.54) is 10.4 Å². The molecule has 1 aliphatic rings. The number of nitrogens with zero attached hydrogens (tertiary/aromatic N) is 2. The van der Waals surface area contributed by atoms with Gasteiger partial charge in [-0.15, -0.1) is 11.3 Å². The number of pyridine rings is 1. The number of hydrogen-bond donors (Lipinski definition) is 1. The molecule has 1 aromatic carbocycles. The first-order valence-electron chi connectivity index (χ1n) is 9.45. The zero-order valence-electron chi connectivity index (χ0n) is 15.7. The van der Waals surface area contributed by atoms with E-state index in [-0.39, 0.29) is 11.8 Å². The number of carbonyl (C=O) groups is 1. The first-order valence-corrected chi connectivity index (χ1v) is 10.3. The highest BCUT2D eigenvalue weighted by Crippen LogP contribution is 2.34. The maximum Gasteiger partial charge on any atom is 0.227 e. The van der Waals surface area contributed by atoms with Gasteiger partial charge in [-0.3, -0.25) is 9.78 Å². The van der Waals surface area contributed by atoms with Crippen molar-refractivity contribution >= 4 is 22.9 Å². The number of nitrogens with one attached hydrogen (secondary N) is 1. The van der Waals surface area contributed by atoms with E-state index < -0.39 is 0 Å². The standard InChI is InChI=1S/C22H23N3OS/c1-3-15-8-6-7-14(2)20(15)25-21(26)16-10-11-17-19(13-16)27-22(24-17)18-9-4-5-12-23-18/h4-9,12,16H,3,10-11,13H2,1-2H3,(H,25,26). The molecule has 1 N–H and O–H groups in total. The van der Waals surface area contributed by atoms with Crippen molar-refractivity contribution in [3.8, 4) is 10.7 Å². The highest BCUT2D eigenvalue weighted by Gasteiger charge is 2.28. The molecule has 0 aliphatic heterocycles. The van der Waals surface area contributed by atoms with Crippen LogP contribution in [0.4, 0.5) is 5.69 Å². The molecule has 0 bridgehead atoms. The Bertz CT molecular complexity index is 965. The molecule has 0 spiro atoms. The third-order valence-corrected chi connectivity index (χ3v) is 6.33. The smallest absolute Gasteiger partial charge is 0.227 e. The van der Waals surface area contributed by atoms with Crippen molar-refractivity contribution < 1.29 is 4.79 Å². The fourth-order valence-corrected chi connectivity index (χ4v) is 4.79. The highest BCUT2D eigenvalue weighted by molar-refractivity contribution is 7.15. The molecule has 0 saturated carbocycles. The monoisotopic (exact) mass is 377 g/mol. The molecule has 3 aromatic rings. The third kappa shape index (κ3) is 3.65. The van der Waals surface area contributed by atoms with E-state index >= 15 is 0 Å². The Hall–Kier alpha value is -2.53. The van der Waals surface area contributed by atoms with Gasteiger partial charge >= 0.3 is 0 Å². The average Bonchev–Trinajstić information content (AvgIpc) is 3.13. The van der Waals surface area contributed by atoms with Gasteiger partial charge in [0.05, 0.1) is 11.4 Å². The lowest BCUT2D eigenvalue weighted by Gasteiger charge is -2.22. The molecular weight excluding hydrogens is 354 g/mol. The second-order valence-electron chi connectivity index (χ2n) is 7.00. The second kappa shape index (κ2) is 7.61. The maximum absolute atomic E-state index is 12.9. The zero-order chi connectivity index (χ0) is 18.8. The van der Waals surface area contributed by atoms with Crippen molar-refractivity contribution in [1.29, 1.82) is 0 Å². The molecule has 5 heteroatoms. The summed E-state index contributed by atoms with van der Waals surface area (Å²) in [5.41, 5.74) is 5.33. The molecule has 4 nitrogen and oxygen atoms in total. The van der Waals surface area contributed by atoms with Crippen molar-refractivity contribution in [2.45, 2.75) is 39.5 Å². The van der Waals surface area contributed by atoms with Crippen LogP contribution in [-0.2, 0) is 24.1 Å². The van der Waals surface area contributed by atoms with Crippen LogP contribution in [0.1, 0.15) is 35.0 Å². The number of thiazole rings is 1. The Morgan fingerprint density at radius 3 is 2.93 bits per heavy atom. The fourth-order valence-electron chi connectivity index (χ4n) is 3.62. The summed E-state index contributed by atoms with van der Waals surface area (Å²) in [7, 11) is 0. The van der Waals surface area contributed by atoms with Crippen molar-refractivity contribution in [2.75, 3.05) is 5.32 Å². The van der Waals surface area contributed by atoms with Crippen LogP contribution >= 0.6 is 11.3 Å². The molecule has 27 heavy (non-hydrogen) atoms. The van der Waals surface area contributed by atoms with Gasteiger partial charge in [0.1, 0.15) is 5.01 Å². The van der Waals surface area contributed by atoms with Crippen LogP contribution in [0.3, 0.4) is 0 Å². The number of carbonyl (C=O) groups excluding carboxylic acids is 1. The van der Waals surface area contributed by atoms with E-state index in [0.717, 1.165) is 53.3 Å². The van der Waals surface area contributed by atoms with Gasteiger partial charge in [0.25, 0.3) is 0 Å². The molecule has 138 valence electrons. The molecule has 1 aliphatic carbocycles. The summed E-state index contributed by atoms with van der Waals surface area (Å²) in [6, 6.07) is 12.1. The van der Waals surface area contributed by atoms with Crippen molar-refractivity contribution in [3.63, 3.8) is 0 Å². The van der Waals surface area contributed by atoms with E-state index in [1.807, 2.05) is 24.3 Å². The largest absolute Gasteiger partial charge is 0.325 e. The lowest BCUT2D eigenvalue weighted by Crippen LogP contribution is -2.28. The van der Waals surface area contributed by atoms with E-state index in [9.17, 15) is 4.79 Å². The minimum absolute atomic E-state index is 0.00107. The van der Waals surface area contributed by atoms with Gasteiger partial charge in [-0.05, 0) is 55.9 Å². The van der Waals surface area contributed by atoms with E-state index in [2.05, 4.69) is 36.3 Å². The molecule has 4 rings (SSSR count). The van der Waals surface area contributed by atoms with Gasteiger partial charge in [-0.1, -0.05) is 31.2 Å². The number of rotatable bonds is 4. The number of amides is 1. The Morgan fingerprint density at radius 2 is 2.15 bits per heavy atom. The Kier molecular flexibility index (Phi) is 5.03. The van der Waals surface area contributed by atoms with Gasteiger partial charge in [-0.2, -0.15) is 0 Å². The summed E-state index contributed by atoms with van der Waals surface area (Å²) in [5.74, 6) is 0.122. The number of benzene rings is 1. The topological polar surface area (TPSA) is 54.9 Å². The zero-order valence-corrected chi connectivity index (χ0v) is 16.5. The minimum Gasteiger partial charge on any atom is -0.325 e. The summed E-state index contributed by atoms with van der Waals surface area (Å²) < 4.78 is 0. The quantitative estimate of drug-likeness (QED) is 0.709. The average molecular weight is 378 g/mol. The molecular formula is C22H23N3OS. The minimum atomic E-state index is -0.00107.